The van der Waals surface area contributed by atoms with Crippen LogP contribution in [0.4, 0.5) is 0 Å². The van der Waals surface area contributed by atoms with Crippen molar-refractivity contribution in [1.29, 1.82) is 0 Å². The molecule has 156 valence electrons. The minimum Gasteiger partial charge on any atom is -0.493 e. The fraction of sp³-hybridized carbons (Fsp3) is 0.391. The van der Waals surface area contributed by atoms with E-state index in [0.717, 1.165) is 34.4 Å². The van der Waals surface area contributed by atoms with Gasteiger partial charge in [0.05, 0.1) is 6.61 Å². The third-order valence-electron chi connectivity index (χ3n) is 4.44. The lowest BCUT2D eigenvalue weighted by atomic mass is 10.1. The highest BCUT2D eigenvalue weighted by Crippen LogP contribution is 2.20. The highest BCUT2D eigenvalue weighted by Gasteiger charge is 2.07. The van der Waals surface area contributed by atoms with Crippen molar-refractivity contribution in [2.24, 2.45) is 0 Å². The second kappa shape index (κ2) is 11.1. The van der Waals surface area contributed by atoms with Crippen LogP contribution in [0.15, 0.2) is 36.4 Å². The Morgan fingerprint density at radius 2 is 1.31 bits per heavy atom. The molecule has 29 heavy (non-hydrogen) atoms. The van der Waals surface area contributed by atoms with Gasteiger partial charge in [0.25, 0.3) is 5.91 Å². The van der Waals surface area contributed by atoms with Crippen molar-refractivity contribution in [2.45, 2.75) is 47.0 Å². The molecule has 2 rings (SSSR count). The first-order valence-corrected chi connectivity index (χ1v) is 9.83. The molecule has 2 aromatic rings. The summed E-state index contributed by atoms with van der Waals surface area (Å²) in [6.45, 7) is 8.30. The van der Waals surface area contributed by atoms with E-state index < -0.39 is 5.91 Å². The summed E-state index contributed by atoms with van der Waals surface area (Å²) < 4.78 is 11.3. The fourth-order valence-corrected chi connectivity index (χ4v) is 2.68. The lowest BCUT2D eigenvalue weighted by Crippen LogP contribution is -2.43. The first-order chi connectivity index (χ1) is 13.8. The zero-order valence-corrected chi connectivity index (χ0v) is 17.6. The van der Waals surface area contributed by atoms with Gasteiger partial charge in [0.15, 0.2) is 6.61 Å². The third kappa shape index (κ3) is 7.86. The molecule has 0 spiro atoms. The molecular weight excluding hydrogens is 368 g/mol. The molecule has 0 aliphatic rings. The number of benzene rings is 2. The maximum absolute atomic E-state index is 11.8. The van der Waals surface area contributed by atoms with Crippen LogP contribution in [0.25, 0.3) is 0 Å². The van der Waals surface area contributed by atoms with Crippen molar-refractivity contribution in [2.75, 3.05) is 13.2 Å². The first-order valence-electron chi connectivity index (χ1n) is 9.83. The van der Waals surface area contributed by atoms with E-state index in [0.29, 0.717) is 25.2 Å². The molecule has 0 fully saturated rings. The molecule has 0 saturated heterocycles. The van der Waals surface area contributed by atoms with Gasteiger partial charge < -0.3 is 9.47 Å². The quantitative estimate of drug-likeness (QED) is 0.499. The number of nitrogens with one attached hydrogen (secondary N) is 2. The Labute approximate surface area is 172 Å². The van der Waals surface area contributed by atoms with E-state index in [1.165, 1.54) is 0 Å². The van der Waals surface area contributed by atoms with E-state index >= 15 is 0 Å². The molecule has 2 aromatic carbocycles. The highest BCUT2D eigenvalue weighted by molar-refractivity contribution is 5.82. The van der Waals surface area contributed by atoms with Gasteiger partial charge in [-0.1, -0.05) is 24.3 Å². The molecule has 2 N–H and O–H groups in total. The molecule has 0 radical (unpaired) electrons. The smallest absolute Gasteiger partial charge is 0.276 e. The second-order valence-corrected chi connectivity index (χ2v) is 7.23. The van der Waals surface area contributed by atoms with Crippen molar-refractivity contribution in [1.82, 2.24) is 10.9 Å². The largest absolute Gasteiger partial charge is 0.493 e. The van der Waals surface area contributed by atoms with Gasteiger partial charge in [0.2, 0.25) is 5.91 Å². The Kier molecular flexibility index (Phi) is 8.52. The van der Waals surface area contributed by atoms with Crippen LogP contribution in [0, 0.1) is 27.7 Å². The van der Waals surface area contributed by atoms with Gasteiger partial charge >= 0.3 is 0 Å². The predicted molar refractivity (Wildman–Crippen MR) is 113 cm³/mol. The molecule has 0 aromatic heterocycles. The number of unbranched alkanes of at least 4 members (excludes halogenated alkanes) is 1. The van der Waals surface area contributed by atoms with Crippen LogP contribution in [0.1, 0.15) is 41.5 Å². The lowest BCUT2D eigenvalue weighted by molar-refractivity contribution is -0.130. The van der Waals surface area contributed by atoms with Crippen LogP contribution in [0.5, 0.6) is 11.5 Å². The number of hydrazine groups is 1. The first kappa shape index (κ1) is 22.3. The Bertz CT molecular complexity index is 849. The zero-order chi connectivity index (χ0) is 21.2. The predicted octanol–water partition coefficient (Wildman–Crippen LogP) is 3.70. The molecule has 6 nitrogen and oxygen atoms in total. The normalized spacial score (nSPS) is 10.3. The number of carbonyl (C=O) groups excluding carboxylic acids is 2. The number of aryl methyl sites for hydroxylation is 4. The van der Waals surface area contributed by atoms with Crippen LogP contribution in [0.3, 0.4) is 0 Å². The van der Waals surface area contributed by atoms with Crippen molar-refractivity contribution in [3.63, 3.8) is 0 Å². The van der Waals surface area contributed by atoms with E-state index in [-0.39, 0.29) is 12.5 Å². The summed E-state index contributed by atoms with van der Waals surface area (Å²) in [5.41, 5.74) is 9.04. The summed E-state index contributed by atoms with van der Waals surface area (Å²) in [7, 11) is 0. The molecular formula is C23H30N2O4. The molecule has 0 unspecified atom stereocenters. The van der Waals surface area contributed by atoms with Crippen LogP contribution in [-0.2, 0) is 9.59 Å². The van der Waals surface area contributed by atoms with Gasteiger partial charge in [-0.15, -0.1) is 0 Å². The van der Waals surface area contributed by atoms with Crippen molar-refractivity contribution < 1.29 is 19.1 Å². The number of ether oxygens (including phenoxy) is 2. The molecule has 6 heteroatoms. The highest BCUT2D eigenvalue weighted by atomic mass is 16.5. The number of hydrogen-bond donors (Lipinski definition) is 2. The average Bonchev–Trinajstić information content (AvgIpc) is 2.69. The van der Waals surface area contributed by atoms with Gasteiger partial charge in [0.1, 0.15) is 11.5 Å². The summed E-state index contributed by atoms with van der Waals surface area (Å²) in [6, 6.07) is 11.9. The lowest BCUT2D eigenvalue weighted by Gasteiger charge is -2.11. The number of amides is 2. The van der Waals surface area contributed by atoms with Gasteiger partial charge in [0, 0.05) is 6.42 Å². The number of rotatable bonds is 9. The Morgan fingerprint density at radius 1 is 0.759 bits per heavy atom. The van der Waals surface area contributed by atoms with Gasteiger partial charge in [-0.25, -0.2) is 0 Å². The summed E-state index contributed by atoms with van der Waals surface area (Å²) in [6.07, 6.45) is 1.74. The molecule has 2 amide bonds. The van der Waals surface area contributed by atoms with E-state index in [2.05, 4.69) is 10.9 Å². The summed E-state index contributed by atoms with van der Waals surface area (Å²) in [4.78, 5) is 23.7. The van der Waals surface area contributed by atoms with Gasteiger partial charge in [-0.3, -0.25) is 20.4 Å². The molecule has 0 heterocycles. The van der Waals surface area contributed by atoms with Gasteiger partial charge in [-0.2, -0.15) is 0 Å². The fourth-order valence-electron chi connectivity index (χ4n) is 2.68. The number of carbonyl (C=O) groups is 2. The van der Waals surface area contributed by atoms with Crippen molar-refractivity contribution in [3.05, 3.63) is 58.7 Å². The Hall–Kier alpha value is -3.02. The van der Waals surface area contributed by atoms with E-state index in [9.17, 15) is 9.59 Å². The molecule has 0 saturated carbocycles. The molecule has 0 atom stereocenters. The topological polar surface area (TPSA) is 76.7 Å². The van der Waals surface area contributed by atoms with Crippen LogP contribution in [-0.4, -0.2) is 25.0 Å². The van der Waals surface area contributed by atoms with Gasteiger partial charge in [-0.05, 0) is 74.9 Å². The van der Waals surface area contributed by atoms with Crippen molar-refractivity contribution in [3.8, 4) is 11.5 Å². The maximum atomic E-state index is 11.8. The van der Waals surface area contributed by atoms with E-state index in [4.69, 9.17) is 9.47 Å². The average molecular weight is 399 g/mol. The number of hydrogen-bond acceptors (Lipinski definition) is 4. The molecule has 0 bridgehead atoms. The van der Waals surface area contributed by atoms with Crippen LogP contribution >= 0.6 is 0 Å². The van der Waals surface area contributed by atoms with Crippen molar-refractivity contribution >= 4 is 11.8 Å². The van der Waals surface area contributed by atoms with E-state index in [1.54, 1.807) is 0 Å². The second-order valence-electron chi connectivity index (χ2n) is 7.23. The standard InChI is InChI=1S/C23H30N2O4/c1-16-8-10-18(3)20(13-16)28-12-6-5-7-22(26)24-25-23(27)15-29-21-14-17(2)9-11-19(21)4/h8-11,13-14H,5-7,12,15H2,1-4H3,(H,24,26)(H,25,27). The molecule has 0 aliphatic carbocycles. The summed E-state index contributed by atoms with van der Waals surface area (Å²) in [5.74, 6) is 0.898. The Morgan fingerprint density at radius 3 is 1.93 bits per heavy atom. The third-order valence-corrected chi connectivity index (χ3v) is 4.44. The minimum atomic E-state index is -0.405. The summed E-state index contributed by atoms with van der Waals surface area (Å²) in [5, 5.41) is 0. The van der Waals surface area contributed by atoms with Crippen LogP contribution < -0.4 is 20.3 Å². The summed E-state index contributed by atoms with van der Waals surface area (Å²) >= 11 is 0. The SMILES string of the molecule is Cc1ccc(C)c(OCCCCC(=O)NNC(=O)COc2cc(C)ccc2C)c1. The van der Waals surface area contributed by atoms with E-state index in [1.807, 2.05) is 64.1 Å². The minimum absolute atomic E-state index is 0.158. The Balaban J connectivity index is 1.58. The monoisotopic (exact) mass is 398 g/mol. The maximum Gasteiger partial charge on any atom is 0.276 e. The molecule has 0 aliphatic heterocycles. The zero-order valence-electron chi connectivity index (χ0n) is 17.6. The van der Waals surface area contributed by atoms with Crippen LogP contribution in [0.2, 0.25) is 0 Å².